The zero-order valence-electron chi connectivity index (χ0n) is 18.6. The van der Waals surface area contributed by atoms with Gasteiger partial charge in [0.15, 0.2) is 5.76 Å². The highest BCUT2D eigenvalue weighted by Gasteiger charge is 2.35. The van der Waals surface area contributed by atoms with Crippen LogP contribution in [-0.4, -0.2) is 49.5 Å². The summed E-state index contributed by atoms with van der Waals surface area (Å²) in [6.07, 6.45) is 2.38. The van der Waals surface area contributed by atoms with Crippen LogP contribution in [0, 0.1) is 5.92 Å². The van der Waals surface area contributed by atoms with Crippen LogP contribution in [0.5, 0.6) is 0 Å². The molecule has 0 radical (unpaired) electrons. The van der Waals surface area contributed by atoms with E-state index in [-0.39, 0.29) is 17.7 Å². The number of furan rings is 1. The summed E-state index contributed by atoms with van der Waals surface area (Å²) in [5.41, 5.74) is 1.56. The van der Waals surface area contributed by atoms with Crippen molar-refractivity contribution in [1.82, 2.24) is 10.2 Å². The minimum absolute atomic E-state index is 0.105. The first-order chi connectivity index (χ1) is 16.3. The summed E-state index contributed by atoms with van der Waals surface area (Å²) in [5, 5.41) is 3.16. The molecule has 6 rings (SSSR count). The molecule has 4 heterocycles. The minimum Gasteiger partial charge on any atom is -0.451 e. The van der Waals surface area contributed by atoms with Gasteiger partial charge in [-0.1, -0.05) is 58.4 Å². The van der Waals surface area contributed by atoms with Crippen LogP contribution in [0.25, 0.3) is 11.3 Å². The average molecular weight is 547 g/mol. The van der Waals surface area contributed by atoms with Crippen molar-refractivity contribution >= 4 is 32.0 Å². The molecule has 1 aromatic heterocycles. The number of hydrogen-bond donors (Lipinski definition) is 2. The van der Waals surface area contributed by atoms with Crippen LogP contribution in [-0.2, 0) is 15.9 Å². The molecular formula is C25H27BrN2O5S. The molecule has 2 aromatic carbocycles. The molecule has 1 amide bonds. The van der Waals surface area contributed by atoms with E-state index in [1.165, 1.54) is 25.9 Å². The molecule has 3 fully saturated rings. The molecule has 3 saturated heterocycles. The fourth-order valence-electron chi connectivity index (χ4n) is 4.38. The Balaban J connectivity index is 0.000000210. The van der Waals surface area contributed by atoms with Gasteiger partial charge in [0.2, 0.25) is 0 Å². The lowest BCUT2D eigenvalue weighted by Crippen LogP contribution is -2.57. The first-order valence-electron chi connectivity index (χ1n) is 11.1. The number of carbonyl (C=O) groups excluding carboxylic acids is 1. The van der Waals surface area contributed by atoms with Crippen molar-refractivity contribution in [2.45, 2.75) is 24.6 Å². The third kappa shape index (κ3) is 6.79. The predicted octanol–water partition coefficient (Wildman–Crippen LogP) is 4.61. The van der Waals surface area contributed by atoms with Crippen molar-refractivity contribution < 1.29 is 22.2 Å². The second-order valence-corrected chi connectivity index (χ2v) is 11.0. The summed E-state index contributed by atoms with van der Waals surface area (Å²) in [4.78, 5) is 14.9. The monoisotopic (exact) mass is 546 g/mol. The summed E-state index contributed by atoms with van der Waals surface area (Å²) < 4.78 is 35.9. The molecule has 0 spiro atoms. The number of nitrogens with one attached hydrogen (secondary N) is 1. The molecule has 7 nitrogen and oxygen atoms in total. The van der Waals surface area contributed by atoms with E-state index < -0.39 is 10.1 Å². The van der Waals surface area contributed by atoms with Gasteiger partial charge in [-0.15, -0.1) is 0 Å². The van der Waals surface area contributed by atoms with E-state index in [1.54, 1.807) is 36.4 Å². The zero-order chi connectivity index (χ0) is 24.1. The van der Waals surface area contributed by atoms with E-state index in [2.05, 4.69) is 26.1 Å². The van der Waals surface area contributed by atoms with Crippen LogP contribution < -0.4 is 5.32 Å². The standard InChI is InChI=1S/C18H19BrN2O2.C7H8O3S/c19-14-3-1-13(2-4-14)16-5-6-17(23-16)18(22)20-15-11-21-9-7-12(15)8-10-21;8-11(9,10)6-7-4-2-1-3-5-7/h1-6,12,15H,7-11H2,(H,20,22);1-5H,6H2,(H,8,9,10)/t15-;/m0./s1. The lowest BCUT2D eigenvalue weighted by Gasteiger charge is -2.44. The maximum atomic E-state index is 12.5. The molecule has 1 atom stereocenters. The van der Waals surface area contributed by atoms with Gasteiger partial charge in [0.1, 0.15) is 11.5 Å². The van der Waals surface area contributed by atoms with E-state index in [9.17, 15) is 13.2 Å². The average Bonchev–Trinajstić information content (AvgIpc) is 3.31. The predicted molar refractivity (Wildman–Crippen MR) is 134 cm³/mol. The maximum Gasteiger partial charge on any atom is 0.287 e. The van der Waals surface area contributed by atoms with Crippen molar-refractivity contribution in [2.24, 2.45) is 5.92 Å². The van der Waals surface area contributed by atoms with Gasteiger partial charge in [0, 0.05) is 22.6 Å². The lowest BCUT2D eigenvalue weighted by molar-refractivity contribution is 0.0606. The van der Waals surface area contributed by atoms with Gasteiger partial charge in [0.05, 0.1) is 0 Å². The van der Waals surface area contributed by atoms with Gasteiger partial charge in [-0.05, 0) is 61.7 Å². The fourth-order valence-corrected chi connectivity index (χ4v) is 5.26. The number of fused-ring (bicyclic) bond motifs is 3. The topological polar surface area (TPSA) is 99.9 Å². The molecule has 9 heteroatoms. The van der Waals surface area contributed by atoms with Crippen molar-refractivity contribution in [2.75, 3.05) is 19.6 Å². The normalized spacial score (nSPS) is 21.4. The van der Waals surface area contributed by atoms with E-state index in [0.717, 1.165) is 22.3 Å². The summed E-state index contributed by atoms with van der Waals surface area (Å²) in [7, 11) is -3.88. The number of piperidine rings is 3. The van der Waals surface area contributed by atoms with Gasteiger partial charge >= 0.3 is 0 Å². The Hall–Kier alpha value is -2.46. The Morgan fingerprint density at radius 1 is 1.03 bits per heavy atom. The molecule has 0 unspecified atom stereocenters. The zero-order valence-corrected chi connectivity index (χ0v) is 21.0. The molecule has 34 heavy (non-hydrogen) atoms. The number of rotatable bonds is 5. The number of carbonyl (C=O) groups is 1. The summed E-state index contributed by atoms with van der Waals surface area (Å²) >= 11 is 3.42. The van der Waals surface area contributed by atoms with E-state index in [1.807, 2.05) is 30.3 Å². The van der Waals surface area contributed by atoms with Crippen LogP contribution in [0.3, 0.4) is 0 Å². The number of benzene rings is 2. The van der Waals surface area contributed by atoms with Crippen LogP contribution in [0.15, 0.2) is 75.6 Å². The molecule has 0 aliphatic carbocycles. The van der Waals surface area contributed by atoms with Crippen molar-refractivity contribution in [3.05, 3.63) is 82.5 Å². The van der Waals surface area contributed by atoms with Crippen LogP contribution >= 0.6 is 15.9 Å². The number of amides is 1. The Kier molecular flexibility index (Phi) is 7.88. The number of hydrogen-bond acceptors (Lipinski definition) is 5. The van der Waals surface area contributed by atoms with E-state index in [0.29, 0.717) is 17.2 Å². The molecule has 2 bridgehead atoms. The molecule has 180 valence electrons. The van der Waals surface area contributed by atoms with Crippen LogP contribution in [0.2, 0.25) is 0 Å². The quantitative estimate of drug-likeness (QED) is 0.453. The van der Waals surface area contributed by atoms with E-state index in [4.69, 9.17) is 8.97 Å². The summed E-state index contributed by atoms with van der Waals surface area (Å²) in [6.45, 7) is 3.31. The van der Waals surface area contributed by atoms with Gasteiger partial charge in [-0.3, -0.25) is 9.35 Å². The smallest absolute Gasteiger partial charge is 0.287 e. The van der Waals surface area contributed by atoms with Gasteiger partial charge in [-0.25, -0.2) is 0 Å². The van der Waals surface area contributed by atoms with Crippen molar-refractivity contribution in [3.63, 3.8) is 0 Å². The molecule has 3 aromatic rings. The fraction of sp³-hybridized carbons (Fsp3) is 0.320. The third-order valence-electron chi connectivity index (χ3n) is 6.12. The first kappa shape index (κ1) is 24.7. The summed E-state index contributed by atoms with van der Waals surface area (Å²) in [6, 6.07) is 20.3. The highest BCUT2D eigenvalue weighted by atomic mass is 79.9. The highest BCUT2D eigenvalue weighted by molar-refractivity contribution is 9.10. The molecule has 3 aliphatic rings. The van der Waals surface area contributed by atoms with Crippen molar-refractivity contribution in [3.8, 4) is 11.3 Å². The first-order valence-corrected chi connectivity index (χ1v) is 13.5. The Bertz CT molecular complexity index is 1200. The minimum atomic E-state index is -3.88. The second kappa shape index (κ2) is 10.9. The van der Waals surface area contributed by atoms with Crippen molar-refractivity contribution in [1.29, 1.82) is 0 Å². The maximum absolute atomic E-state index is 12.5. The molecular weight excluding hydrogens is 520 g/mol. The SMILES string of the molecule is O=C(N[C@H]1CN2CCC1CC2)c1ccc(-c2ccc(Br)cc2)o1.O=S(=O)(O)Cc1ccccc1. The third-order valence-corrected chi connectivity index (χ3v) is 7.35. The Morgan fingerprint density at radius 2 is 1.71 bits per heavy atom. The van der Waals surface area contributed by atoms with Gasteiger partial charge in [-0.2, -0.15) is 8.42 Å². The van der Waals surface area contributed by atoms with Gasteiger partial charge in [0.25, 0.3) is 16.0 Å². The molecule has 3 aliphatic heterocycles. The number of nitrogens with zero attached hydrogens (tertiary/aromatic N) is 1. The highest BCUT2D eigenvalue weighted by Crippen LogP contribution is 2.28. The molecule has 2 N–H and O–H groups in total. The van der Waals surface area contributed by atoms with E-state index >= 15 is 0 Å². The van der Waals surface area contributed by atoms with Crippen LogP contribution in [0.1, 0.15) is 29.0 Å². The Labute approximate surface area is 208 Å². The van der Waals surface area contributed by atoms with Gasteiger partial charge < -0.3 is 14.6 Å². The summed E-state index contributed by atoms with van der Waals surface area (Å²) in [5.74, 6) is 1.31. The Morgan fingerprint density at radius 3 is 2.29 bits per heavy atom. The molecule has 0 saturated carbocycles. The largest absolute Gasteiger partial charge is 0.451 e. The lowest BCUT2D eigenvalue weighted by atomic mass is 9.84. The number of halogens is 1. The van der Waals surface area contributed by atoms with Crippen LogP contribution in [0.4, 0.5) is 0 Å². The second-order valence-electron chi connectivity index (χ2n) is 8.60.